The molecule has 0 fully saturated rings. The predicted octanol–water partition coefficient (Wildman–Crippen LogP) is 4.04. The molecule has 0 amide bonds. The third-order valence-electron chi connectivity index (χ3n) is 4.12. The number of fused-ring (bicyclic) bond motifs is 1. The minimum absolute atomic E-state index is 0.0587. The third kappa shape index (κ3) is 3.18. The molecule has 0 spiro atoms. The van der Waals surface area contributed by atoms with Gasteiger partial charge in [-0.05, 0) is 40.8 Å². The average Bonchev–Trinajstić information content (AvgIpc) is 2.58. The van der Waals surface area contributed by atoms with Crippen molar-refractivity contribution < 1.29 is 19.7 Å². The number of aryl methyl sites for hydroxylation is 2. The summed E-state index contributed by atoms with van der Waals surface area (Å²) in [5.41, 5.74) is 1.62. The Morgan fingerprint density at radius 2 is 1.75 bits per heavy atom. The molecule has 0 radical (unpaired) electrons. The maximum absolute atomic E-state index is 11.4. The van der Waals surface area contributed by atoms with Gasteiger partial charge in [0.05, 0.1) is 7.11 Å². The second kappa shape index (κ2) is 6.62. The first-order valence-electron chi connectivity index (χ1n) is 7.69. The second-order valence-electron chi connectivity index (χ2n) is 5.67. The molecule has 0 aliphatic rings. The van der Waals surface area contributed by atoms with Gasteiger partial charge in [-0.15, -0.1) is 0 Å². The normalized spacial score (nSPS) is 10.7. The van der Waals surface area contributed by atoms with Crippen LogP contribution in [0.15, 0.2) is 54.6 Å². The number of hydrogen-bond donors (Lipinski definition) is 2. The predicted molar refractivity (Wildman–Crippen MR) is 93.0 cm³/mol. The van der Waals surface area contributed by atoms with Crippen molar-refractivity contribution in [3.05, 3.63) is 71.3 Å². The molecule has 0 unspecified atom stereocenters. The minimum atomic E-state index is -1.14. The van der Waals surface area contributed by atoms with E-state index in [1.165, 1.54) is 18.6 Å². The van der Waals surface area contributed by atoms with E-state index in [9.17, 15) is 15.0 Å². The summed E-state index contributed by atoms with van der Waals surface area (Å²) < 4.78 is 5.13. The molecule has 3 aromatic carbocycles. The van der Waals surface area contributed by atoms with Crippen LogP contribution in [0.2, 0.25) is 0 Å². The highest BCUT2D eigenvalue weighted by atomic mass is 16.5. The summed E-state index contributed by atoms with van der Waals surface area (Å²) in [5.74, 6) is -0.954. The number of methoxy groups -OCH3 is 1. The molecule has 0 aliphatic carbocycles. The number of hydrogen-bond acceptors (Lipinski definition) is 3. The van der Waals surface area contributed by atoms with Gasteiger partial charge < -0.3 is 14.9 Å². The van der Waals surface area contributed by atoms with Crippen LogP contribution in [0.1, 0.15) is 21.5 Å². The molecule has 0 saturated heterocycles. The van der Waals surface area contributed by atoms with Crippen molar-refractivity contribution in [2.75, 3.05) is 7.11 Å². The molecule has 4 heteroatoms. The van der Waals surface area contributed by atoms with Gasteiger partial charge in [-0.3, -0.25) is 0 Å². The van der Waals surface area contributed by atoms with Crippen LogP contribution in [0.3, 0.4) is 0 Å². The highest BCUT2D eigenvalue weighted by Gasteiger charge is 2.17. The van der Waals surface area contributed by atoms with Crippen LogP contribution in [0.4, 0.5) is 0 Å². The van der Waals surface area contributed by atoms with Crippen molar-refractivity contribution in [1.29, 1.82) is 0 Å². The van der Waals surface area contributed by atoms with Crippen LogP contribution in [0.25, 0.3) is 10.8 Å². The lowest BCUT2D eigenvalue weighted by Crippen LogP contribution is -2.05. The van der Waals surface area contributed by atoms with E-state index < -0.39 is 5.97 Å². The Bertz CT molecular complexity index is 899. The highest BCUT2D eigenvalue weighted by molar-refractivity contribution is 5.93. The highest BCUT2D eigenvalue weighted by Crippen LogP contribution is 2.29. The second-order valence-corrected chi connectivity index (χ2v) is 5.67. The van der Waals surface area contributed by atoms with Crippen molar-refractivity contribution >= 4 is 16.7 Å². The molecule has 3 rings (SSSR count). The number of aromatic hydroxyl groups is 1. The number of carboxylic acid groups (broad SMARTS) is 1. The Morgan fingerprint density at radius 3 is 2.46 bits per heavy atom. The Hall–Kier alpha value is -3.01. The number of aromatic carboxylic acids is 1. The van der Waals surface area contributed by atoms with E-state index >= 15 is 0 Å². The van der Waals surface area contributed by atoms with E-state index in [2.05, 4.69) is 24.3 Å². The summed E-state index contributed by atoms with van der Waals surface area (Å²) in [5, 5.41) is 21.6. The molecule has 3 aromatic rings. The van der Waals surface area contributed by atoms with Gasteiger partial charge in [0.2, 0.25) is 0 Å². The average molecular weight is 322 g/mol. The molecule has 24 heavy (non-hydrogen) atoms. The molecule has 0 aliphatic heterocycles. The van der Waals surface area contributed by atoms with E-state index in [0.717, 1.165) is 10.9 Å². The fourth-order valence-corrected chi connectivity index (χ4v) is 2.89. The smallest absolute Gasteiger partial charge is 0.339 e. The minimum Gasteiger partial charge on any atom is -0.507 e. The Kier molecular flexibility index (Phi) is 4.38. The van der Waals surface area contributed by atoms with Crippen LogP contribution in [-0.2, 0) is 12.8 Å². The zero-order chi connectivity index (χ0) is 17.1. The number of phenols is 1. The first kappa shape index (κ1) is 15.9. The van der Waals surface area contributed by atoms with Crippen molar-refractivity contribution in [1.82, 2.24) is 0 Å². The summed E-state index contributed by atoms with van der Waals surface area (Å²) in [6, 6.07) is 17.3. The van der Waals surface area contributed by atoms with E-state index in [0.29, 0.717) is 24.2 Å². The zero-order valence-corrected chi connectivity index (χ0v) is 13.3. The van der Waals surface area contributed by atoms with Crippen molar-refractivity contribution in [3.63, 3.8) is 0 Å². The van der Waals surface area contributed by atoms with E-state index in [4.69, 9.17) is 4.74 Å². The third-order valence-corrected chi connectivity index (χ3v) is 4.12. The van der Waals surface area contributed by atoms with E-state index in [-0.39, 0.29) is 11.3 Å². The van der Waals surface area contributed by atoms with Gasteiger partial charge in [-0.1, -0.05) is 42.5 Å². The maximum Gasteiger partial charge on any atom is 0.339 e. The zero-order valence-electron chi connectivity index (χ0n) is 13.3. The molecular weight excluding hydrogens is 304 g/mol. The summed E-state index contributed by atoms with van der Waals surface area (Å²) in [7, 11) is 1.49. The Morgan fingerprint density at radius 1 is 1.00 bits per heavy atom. The first-order valence-corrected chi connectivity index (χ1v) is 7.69. The molecule has 0 aromatic heterocycles. The summed E-state index contributed by atoms with van der Waals surface area (Å²) in [6.07, 6.45) is 1.18. The molecule has 0 bridgehead atoms. The van der Waals surface area contributed by atoms with Gasteiger partial charge in [-0.2, -0.15) is 0 Å². The van der Waals surface area contributed by atoms with Crippen LogP contribution in [0, 0.1) is 0 Å². The van der Waals surface area contributed by atoms with Crippen LogP contribution < -0.4 is 4.74 Å². The van der Waals surface area contributed by atoms with Crippen molar-refractivity contribution in [2.24, 2.45) is 0 Å². The van der Waals surface area contributed by atoms with Crippen molar-refractivity contribution in [3.8, 4) is 11.5 Å². The standard InChI is InChI=1S/C20H18O4/c1-24-17-11-16(19(20(22)23)18(21)12-17)9-7-13-6-8-14-4-2-3-5-15(14)10-13/h2-6,8,10-12,21H,7,9H2,1H3,(H,22,23). The first-order chi connectivity index (χ1) is 11.6. The lowest BCUT2D eigenvalue weighted by molar-refractivity contribution is 0.0692. The summed E-state index contributed by atoms with van der Waals surface area (Å²) in [6.45, 7) is 0. The molecule has 4 nitrogen and oxygen atoms in total. The fraction of sp³-hybridized carbons (Fsp3) is 0.150. The van der Waals surface area contributed by atoms with Gasteiger partial charge >= 0.3 is 5.97 Å². The summed E-state index contributed by atoms with van der Waals surface area (Å²) in [4.78, 5) is 11.4. The lowest BCUT2D eigenvalue weighted by Gasteiger charge is -2.11. The van der Waals surface area contributed by atoms with Crippen LogP contribution in [0.5, 0.6) is 11.5 Å². The maximum atomic E-state index is 11.4. The number of benzene rings is 3. The van der Waals surface area contributed by atoms with Crippen molar-refractivity contribution in [2.45, 2.75) is 12.8 Å². The van der Waals surface area contributed by atoms with E-state index in [1.807, 2.05) is 18.2 Å². The molecule has 122 valence electrons. The topological polar surface area (TPSA) is 66.8 Å². The molecular formula is C20H18O4. The number of carbonyl (C=O) groups is 1. The Balaban J connectivity index is 1.89. The number of rotatable bonds is 5. The van der Waals surface area contributed by atoms with Gasteiger partial charge in [0.1, 0.15) is 17.1 Å². The fourth-order valence-electron chi connectivity index (χ4n) is 2.89. The molecule has 0 atom stereocenters. The number of carboxylic acids is 1. The monoisotopic (exact) mass is 322 g/mol. The quantitative estimate of drug-likeness (QED) is 0.744. The number of ether oxygens (including phenoxy) is 1. The van der Waals surface area contributed by atoms with Crippen LogP contribution in [-0.4, -0.2) is 23.3 Å². The van der Waals surface area contributed by atoms with Gasteiger partial charge in [0.25, 0.3) is 0 Å². The molecule has 2 N–H and O–H groups in total. The van der Waals surface area contributed by atoms with Gasteiger partial charge in [0, 0.05) is 6.07 Å². The molecule has 0 saturated carbocycles. The van der Waals surface area contributed by atoms with Gasteiger partial charge in [-0.25, -0.2) is 4.79 Å². The Labute approximate surface area is 139 Å². The SMILES string of the molecule is COc1cc(O)c(C(=O)O)c(CCc2ccc3ccccc3c2)c1. The van der Waals surface area contributed by atoms with E-state index in [1.54, 1.807) is 6.07 Å². The van der Waals surface area contributed by atoms with Crippen LogP contribution >= 0.6 is 0 Å². The summed E-state index contributed by atoms with van der Waals surface area (Å²) >= 11 is 0. The van der Waals surface area contributed by atoms with Gasteiger partial charge in [0.15, 0.2) is 0 Å². The largest absolute Gasteiger partial charge is 0.507 e. The lowest BCUT2D eigenvalue weighted by atomic mass is 9.97. The molecule has 0 heterocycles.